The van der Waals surface area contributed by atoms with Crippen LogP contribution in [0.15, 0.2) is 42.6 Å². The maximum absolute atomic E-state index is 8.71. The monoisotopic (exact) mass is 267 g/mol. The van der Waals surface area contributed by atoms with Crippen molar-refractivity contribution in [3.05, 3.63) is 53.9 Å². The lowest BCUT2D eigenvalue weighted by atomic mass is 10.2. The van der Waals surface area contributed by atoms with E-state index in [1.54, 1.807) is 12.3 Å². The van der Waals surface area contributed by atoms with E-state index in [2.05, 4.69) is 4.98 Å². The zero-order chi connectivity index (χ0) is 14.4. The molecule has 2 aromatic rings. The Morgan fingerprint density at radius 3 is 2.80 bits per heavy atom. The molecule has 0 aliphatic rings. The van der Waals surface area contributed by atoms with E-state index in [4.69, 9.17) is 10.00 Å². The fraction of sp³-hybridized carbons (Fsp3) is 0.250. The largest absolute Gasteiger partial charge is 0.492 e. The number of hydrogen-bond acceptors (Lipinski definition) is 4. The smallest absolute Gasteiger partial charge is 0.140 e. The summed E-state index contributed by atoms with van der Waals surface area (Å²) in [6.45, 7) is 3.39. The SMILES string of the molecule is Cc1cccc(OCCN(C)c2ccc(C#N)nc2)c1. The second-order valence-corrected chi connectivity index (χ2v) is 4.60. The van der Waals surface area contributed by atoms with Crippen molar-refractivity contribution < 1.29 is 4.74 Å². The number of ether oxygens (including phenoxy) is 1. The van der Waals surface area contributed by atoms with Gasteiger partial charge in [-0.1, -0.05) is 12.1 Å². The van der Waals surface area contributed by atoms with E-state index in [0.29, 0.717) is 12.3 Å². The van der Waals surface area contributed by atoms with Gasteiger partial charge in [0.1, 0.15) is 24.1 Å². The minimum Gasteiger partial charge on any atom is -0.492 e. The number of anilines is 1. The van der Waals surface area contributed by atoms with E-state index in [1.807, 2.05) is 55.3 Å². The third kappa shape index (κ3) is 3.72. The van der Waals surface area contributed by atoms with Crippen LogP contribution < -0.4 is 9.64 Å². The molecule has 0 radical (unpaired) electrons. The van der Waals surface area contributed by atoms with Gasteiger partial charge in [-0.2, -0.15) is 5.26 Å². The summed E-state index contributed by atoms with van der Waals surface area (Å²) < 4.78 is 5.71. The van der Waals surface area contributed by atoms with Gasteiger partial charge >= 0.3 is 0 Å². The molecule has 0 amide bonds. The van der Waals surface area contributed by atoms with E-state index in [9.17, 15) is 0 Å². The van der Waals surface area contributed by atoms with Crippen molar-refractivity contribution in [1.82, 2.24) is 4.98 Å². The molecule has 0 N–H and O–H groups in total. The van der Waals surface area contributed by atoms with Gasteiger partial charge in [-0.15, -0.1) is 0 Å². The zero-order valence-electron chi connectivity index (χ0n) is 11.7. The molecule has 0 saturated heterocycles. The summed E-state index contributed by atoms with van der Waals surface area (Å²) in [5, 5.41) is 8.71. The molecule has 1 aromatic heterocycles. The first-order valence-corrected chi connectivity index (χ1v) is 6.46. The molecule has 1 heterocycles. The summed E-state index contributed by atoms with van der Waals surface area (Å²) in [6, 6.07) is 13.6. The van der Waals surface area contributed by atoms with Crippen molar-refractivity contribution in [3.63, 3.8) is 0 Å². The van der Waals surface area contributed by atoms with E-state index in [-0.39, 0.29) is 0 Å². The number of aromatic nitrogens is 1. The van der Waals surface area contributed by atoms with Crippen LogP contribution in [0.3, 0.4) is 0 Å². The predicted octanol–water partition coefficient (Wildman–Crippen LogP) is 2.78. The average Bonchev–Trinajstić information content (AvgIpc) is 2.47. The lowest BCUT2D eigenvalue weighted by Gasteiger charge is -2.19. The van der Waals surface area contributed by atoms with Gasteiger partial charge in [0.2, 0.25) is 0 Å². The van der Waals surface area contributed by atoms with Crippen molar-refractivity contribution in [2.45, 2.75) is 6.92 Å². The van der Waals surface area contributed by atoms with E-state index < -0.39 is 0 Å². The molecule has 0 fully saturated rings. The topological polar surface area (TPSA) is 49.1 Å². The Kier molecular flexibility index (Phi) is 4.56. The van der Waals surface area contributed by atoms with Gasteiger partial charge in [0, 0.05) is 7.05 Å². The van der Waals surface area contributed by atoms with Crippen molar-refractivity contribution in [3.8, 4) is 11.8 Å². The van der Waals surface area contributed by atoms with Gasteiger partial charge in [-0.3, -0.25) is 0 Å². The van der Waals surface area contributed by atoms with Gasteiger partial charge in [0.15, 0.2) is 0 Å². The van der Waals surface area contributed by atoms with Gasteiger partial charge < -0.3 is 9.64 Å². The molecule has 0 spiro atoms. The van der Waals surface area contributed by atoms with Gasteiger partial charge in [-0.05, 0) is 36.8 Å². The van der Waals surface area contributed by atoms with Crippen LogP contribution in [0.4, 0.5) is 5.69 Å². The highest BCUT2D eigenvalue weighted by molar-refractivity contribution is 5.45. The highest BCUT2D eigenvalue weighted by Gasteiger charge is 2.02. The first kappa shape index (κ1) is 13.9. The third-order valence-electron chi connectivity index (χ3n) is 2.99. The lowest BCUT2D eigenvalue weighted by Crippen LogP contribution is -2.23. The summed E-state index contributed by atoms with van der Waals surface area (Å²) >= 11 is 0. The Labute approximate surface area is 119 Å². The highest BCUT2D eigenvalue weighted by atomic mass is 16.5. The quantitative estimate of drug-likeness (QED) is 0.835. The number of benzene rings is 1. The van der Waals surface area contributed by atoms with Crippen LogP contribution in [0.5, 0.6) is 5.75 Å². The Hall–Kier alpha value is -2.54. The molecule has 20 heavy (non-hydrogen) atoms. The van der Waals surface area contributed by atoms with Gasteiger partial charge in [0.05, 0.1) is 18.4 Å². The first-order chi connectivity index (χ1) is 9.69. The van der Waals surface area contributed by atoms with Crippen LogP contribution in [0, 0.1) is 18.3 Å². The van der Waals surface area contributed by atoms with Crippen LogP contribution in [0.25, 0.3) is 0 Å². The van der Waals surface area contributed by atoms with Crippen LogP contribution in [-0.2, 0) is 0 Å². The summed E-state index contributed by atoms with van der Waals surface area (Å²) in [4.78, 5) is 6.10. The maximum Gasteiger partial charge on any atom is 0.140 e. The third-order valence-corrected chi connectivity index (χ3v) is 2.99. The Morgan fingerprint density at radius 2 is 2.15 bits per heavy atom. The highest BCUT2D eigenvalue weighted by Crippen LogP contribution is 2.13. The summed E-state index contributed by atoms with van der Waals surface area (Å²) in [7, 11) is 1.97. The normalized spacial score (nSPS) is 9.85. The first-order valence-electron chi connectivity index (χ1n) is 6.46. The van der Waals surface area contributed by atoms with Crippen molar-refractivity contribution in [2.24, 2.45) is 0 Å². The molecule has 0 atom stereocenters. The Bertz CT molecular complexity index is 602. The summed E-state index contributed by atoms with van der Waals surface area (Å²) in [5.41, 5.74) is 2.59. The van der Waals surface area contributed by atoms with Crippen LogP contribution >= 0.6 is 0 Å². The van der Waals surface area contributed by atoms with E-state index in [0.717, 1.165) is 18.0 Å². The number of nitriles is 1. The molecule has 0 saturated carbocycles. The second kappa shape index (κ2) is 6.58. The van der Waals surface area contributed by atoms with E-state index >= 15 is 0 Å². The number of pyridine rings is 1. The van der Waals surface area contributed by atoms with Gasteiger partial charge in [-0.25, -0.2) is 4.98 Å². The molecule has 102 valence electrons. The molecule has 0 unspecified atom stereocenters. The van der Waals surface area contributed by atoms with Crippen molar-refractivity contribution >= 4 is 5.69 Å². The molecule has 1 aromatic carbocycles. The second-order valence-electron chi connectivity index (χ2n) is 4.60. The number of aryl methyl sites for hydroxylation is 1. The maximum atomic E-state index is 8.71. The van der Waals surface area contributed by atoms with Gasteiger partial charge in [0.25, 0.3) is 0 Å². The molecule has 0 aliphatic heterocycles. The molecule has 4 heteroatoms. The Morgan fingerprint density at radius 1 is 1.30 bits per heavy atom. The van der Waals surface area contributed by atoms with E-state index in [1.165, 1.54) is 5.56 Å². The average molecular weight is 267 g/mol. The molecular weight excluding hydrogens is 250 g/mol. The lowest BCUT2D eigenvalue weighted by molar-refractivity contribution is 0.326. The molecule has 0 aliphatic carbocycles. The number of likely N-dealkylation sites (N-methyl/N-ethyl adjacent to an activating group) is 1. The number of rotatable bonds is 5. The zero-order valence-corrected chi connectivity index (χ0v) is 11.7. The Balaban J connectivity index is 1.85. The molecule has 0 bridgehead atoms. The van der Waals surface area contributed by atoms with Crippen molar-refractivity contribution in [1.29, 1.82) is 5.26 Å². The van der Waals surface area contributed by atoms with Crippen LogP contribution in [0.1, 0.15) is 11.3 Å². The molecular formula is C16H17N3O. The summed E-state index contributed by atoms with van der Waals surface area (Å²) in [5.74, 6) is 0.886. The molecule has 4 nitrogen and oxygen atoms in total. The summed E-state index contributed by atoms with van der Waals surface area (Å²) in [6.07, 6.45) is 1.70. The minimum atomic E-state index is 0.429. The molecule has 2 rings (SSSR count). The fourth-order valence-electron chi connectivity index (χ4n) is 1.81. The fourth-order valence-corrected chi connectivity index (χ4v) is 1.81. The van der Waals surface area contributed by atoms with Crippen LogP contribution in [-0.4, -0.2) is 25.2 Å². The van der Waals surface area contributed by atoms with Crippen LogP contribution in [0.2, 0.25) is 0 Å². The minimum absolute atomic E-state index is 0.429. The number of hydrogen-bond donors (Lipinski definition) is 0. The standard InChI is InChI=1S/C16H17N3O/c1-13-4-3-5-16(10-13)20-9-8-19(2)15-7-6-14(11-17)18-12-15/h3-7,10,12H,8-9H2,1-2H3. The van der Waals surface area contributed by atoms with Crippen molar-refractivity contribution in [2.75, 3.05) is 25.1 Å². The predicted molar refractivity (Wildman–Crippen MR) is 78.9 cm³/mol. The number of nitrogens with zero attached hydrogens (tertiary/aromatic N) is 3.